The lowest BCUT2D eigenvalue weighted by molar-refractivity contribution is -0.139. The lowest BCUT2D eigenvalue weighted by atomic mass is 10.1. The van der Waals surface area contributed by atoms with E-state index in [1.807, 2.05) is 27.7 Å². The second-order valence-corrected chi connectivity index (χ2v) is 10.6. The predicted octanol–water partition coefficient (Wildman–Crippen LogP) is 1.21. The summed E-state index contributed by atoms with van der Waals surface area (Å²) in [5.74, 6) is -2.24. The van der Waals surface area contributed by atoms with Crippen LogP contribution in [-0.4, -0.2) is 80.3 Å². The number of carbonyl (C=O) groups is 3. The summed E-state index contributed by atoms with van der Waals surface area (Å²) in [6.07, 6.45) is 1.37. The van der Waals surface area contributed by atoms with Crippen LogP contribution < -0.4 is 27.2 Å². The zero-order valence-corrected chi connectivity index (χ0v) is 24.6. The van der Waals surface area contributed by atoms with Gasteiger partial charge in [-0.3, -0.25) is 19.4 Å². The number of aromatic nitrogens is 4. The highest BCUT2D eigenvalue weighted by Gasteiger charge is 2.22. The fourth-order valence-corrected chi connectivity index (χ4v) is 3.78. The fraction of sp³-hybridized carbons (Fsp3) is 0.464. The van der Waals surface area contributed by atoms with E-state index in [0.717, 1.165) is 0 Å². The number of benzene rings is 1. The van der Waals surface area contributed by atoms with E-state index in [9.17, 15) is 24.3 Å². The molecule has 0 saturated carbocycles. The average Bonchev–Trinajstić information content (AvgIpc) is 2.95. The van der Waals surface area contributed by atoms with Crippen molar-refractivity contribution in [1.29, 1.82) is 0 Å². The van der Waals surface area contributed by atoms with Crippen molar-refractivity contribution in [2.75, 3.05) is 30.8 Å². The largest absolute Gasteiger partial charge is 0.480 e. The number of H-pyrrole nitrogens is 1. The number of rotatable bonds is 16. The van der Waals surface area contributed by atoms with Crippen LogP contribution in [0.2, 0.25) is 0 Å². The first-order valence-electron chi connectivity index (χ1n) is 13.7. The highest BCUT2D eigenvalue weighted by molar-refractivity contribution is 5.97. The van der Waals surface area contributed by atoms with Crippen LogP contribution in [0, 0.1) is 0 Å². The van der Waals surface area contributed by atoms with Crippen LogP contribution in [-0.2, 0) is 25.6 Å². The predicted molar refractivity (Wildman–Crippen MR) is 158 cm³/mol. The second kappa shape index (κ2) is 15.0. The summed E-state index contributed by atoms with van der Waals surface area (Å²) in [6, 6.07) is 5.08. The molecule has 0 spiro atoms. The van der Waals surface area contributed by atoms with Gasteiger partial charge in [-0.1, -0.05) is 0 Å². The molecule has 0 aliphatic rings. The van der Waals surface area contributed by atoms with Gasteiger partial charge in [-0.15, -0.1) is 0 Å². The third-order valence-corrected chi connectivity index (χ3v) is 6.05. The fourth-order valence-electron chi connectivity index (χ4n) is 3.78. The van der Waals surface area contributed by atoms with Crippen LogP contribution in [0.3, 0.4) is 0 Å². The maximum Gasteiger partial charge on any atom is 0.326 e. The number of aliphatic carboxylic acids is 1. The number of aromatic amines is 1. The van der Waals surface area contributed by atoms with Gasteiger partial charge in [-0.05, 0) is 58.4 Å². The highest BCUT2D eigenvalue weighted by Crippen LogP contribution is 2.13. The van der Waals surface area contributed by atoms with Gasteiger partial charge >= 0.3 is 5.97 Å². The summed E-state index contributed by atoms with van der Waals surface area (Å²) in [5.41, 5.74) is 6.08. The molecule has 0 fully saturated rings. The standard InChI is InChI=1S/C28H38N8O7/c1-16(2)42-15-28(3,4)43-12-11-30-21(37)10-9-20(26(40)41)34-24(38)17-5-7-18(8-6-17)31-13-19-14-32-23-22(33-19)25(39)36-27(29)35-23/h5-8,14,16,20,31H,9-13,15H2,1-4H3,(H,30,37)(H,34,38)(H,40,41)(H3,29,32,35,36,39). The summed E-state index contributed by atoms with van der Waals surface area (Å²) in [6.45, 7) is 8.83. The summed E-state index contributed by atoms with van der Waals surface area (Å²) in [7, 11) is 0. The van der Waals surface area contributed by atoms with E-state index in [0.29, 0.717) is 18.0 Å². The number of nitrogen functional groups attached to an aromatic ring is 1. The number of nitrogens with two attached hydrogens (primary N) is 1. The van der Waals surface area contributed by atoms with Gasteiger partial charge < -0.3 is 36.3 Å². The van der Waals surface area contributed by atoms with Gasteiger partial charge in [0.25, 0.3) is 11.5 Å². The van der Waals surface area contributed by atoms with E-state index in [1.54, 1.807) is 12.1 Å². The van der Waals surface area contributed by atoms with Gasteiger partial charge in [0.2, 0.25) is 11.9 Å². The number of anilines is 2. The summed E-state index contributed by atoms with van der Waals surface area (Å²) >= 11 is 0. The quantitative estimate of drug-likeness (QED) is 0.128. The van der Waals surface area contributed by atoms with Crippen LogP contribution in [0.4, 0.5) is 11.6 Å². The Morgan fingerprint density at radius 3 is 2.53 bits per heavy atom. The number of fused-ring (bicyclic) bond motifs is 1. The number of hydrogen-bond donors (Lipinski definition) is 6. The Balaban J connectivity index is 1.44. The Morgan fingerprint density at radius 1 is 1.14 bits per heavy atom. The molecule has 1 atom stereocenters. The Labute approximate surface area is 248 Å². The first kappa shape index (κ1) is 32.9. The van der Waals surface area contributed by atoms with Gasteiger partial charge in [-0.25, -0.2) is 14.8 Å². The third-order valence-electron chi connectivity index (χ3n) is 6.05. The highest BCUT2D eigenvalue weighted by atomic mass is 16.5. The molecule has 0 aliphatic heterocycles. The molecule has 0 bridgehead atoms. The molecular formula is C28H38N8O7. The van der Waals surface area contributed by atoms with Crippen molar-refractivity contribution in [1.82, 2.24) is 30.6 Å². The molecule has 43 heavy (non-hydrogen) atoms. The summed E-state index contributed by atoms with van der Waals surface area (Å²) < 4.78 is 11.3. The first-order chi connectivity index (χ1) is 20.3. The zero-order valence-electron chi connectivity index (χ0n) is 24.6. The van der Waals surface area contributed by atoms with Crippen molar-refractivity contribution < 1.29 is 29.0 Å². The van der Waals surface area contributed by atoms with Gasteiger partial charge in [0, 0.05) is 24.2 Å². The number of amides is 2. The molecule has 7 N–H and O–H groups in total. The molecule has 2 amide bonds. The number of nitrogens with one attached hydrogen (secondary N) is 4. The van der Waals surface area contributed by atoms with Gasteiger partial charge in [-0.2, -0.15) is 4.98 Å². The van der Waals surface area contributed by atoms with Crippen LogP contribution >= 0.6 is 0 Å². The summed E-state index contributed by atoms with van der Waals surface area (Å²) in [5, 5.41) is 17.8. The molecule has 1 unspecified atom stereocenters. The number of carboxylic acids is 1. The van der Waals surface area contributed by atoms with Gasteiger partial charge in [0.05, 0.1) is 43.4 Å². The van der Waals surface area contributed by atoms with Gasteiger partial charge in [0.1, 0.15) is 6.04 Å². The van der Waals surface area contributed by atoms with E-state index in [4.69, 9.17) is 15.2 Å². The van der Waals surface area contributed by atoms with Crippen LogP contribution in [0.1, 0.15) is 56.6 Å². The zero-order chi connectivity index (χ0) is 31.6. The van der Waals surface area contributed by atoms with Crippen molar-refractivity contribution in [3.05, 3.63) is 52.1 Å². The van der Waals surface area contributed by atoms with Gasteiger partial charge in [0.15, 0.2) is 11.2 Å². The van der Waals surface area contributed by atoms with E-state index in [1.165, 1.54) is 18.3 Å². The minimum absolute atomic E-state index is 0.0492. The molecular weight excluding hydrogens is 560 g/mol. The second-order valence-electron chi connectivity index (χ2n) is 10.6. The van der Waals surface area contributed by atoms with Crippen molar-refractivity contribution in [2.24, 2.45) is 0 Å². The number of hydrogen-bond acceptors (Lipinski definition) is 11. The van der Waals surface area contributed by atoms with Crippen molar-refractivity contribution in [3.8, 4) is 0 Å². The van der Waals surface area contributed by atoms with E-state index >= 15 is 0 Å². The molecule has 2 heterocycles. The number of carbonyl (C=O) groups excluding carboxylic acids is 2. The Bertz CT molecular complexity index is 1470. The molecule has 0 aliphatic carbocycles. The SMILES string of the molecule is CC(C)OCC(C)(C)OCCNC(=O)CCC(NC(=O)c1ccc(NCc2cnc3nc(N)[nH]c(=O)c3n2)cc1)C(=O)O. The maximum atomic E-state index is 12.7. The third kappa shape index (κ3) is 10.6. The molecule has 0 radical (unpaired) electrons. The number of carboxylic acid groups (broad SMARTS) is 1. The summed E-state index contributed by atoms with van der Waals surface area (Å²) in [4.78, 5) is 63.3. The molecule has 3 aromatic rings. The maximum absolute atomic E-state index is 12.7. The smallest absolute Gasteiger partial charge is 0.326 e. The molecule has 0 saturated heterocycles. The van der Waals surface area contributed by atoms with Crippen molar-refractivity contribution in [2.45, 2.75) is 64.8 Å². The normalized spacial score (nSPS) is 12.2. The lowest BCUT2D eigenvalue weighted by Gasteiger charge is -2.26. The van der Waals surface area contributed by atoms with E-state index in [-0.39, 0.29) is 67.2 Å². The first-order valence-corrected chi connectivity index (χ1v) is 13.7. The molecule has 1 aromatic carbocycles. The van der Waals surface area contributed by atoms with Crippen LogP contribution in [0.5, 0.6) is 0 Å². The monoisotopic (exact) mass is 598 g/mol. The van der Waals surface area contributed by atoms with Crippen molar-refractivity contribution in [3.63, 3.8) is 0 Å². The average molecular weight is 599 g/mol. The number of nitrogens with zero attached hydrogens (tertiary/aromatic N) is 3. The van der Waals surface area contributed by atoms with Crippen molar-refractivity contribution >= 4 is 40.6 Å². The topological polar surface area (TPSA) is 224 Å². The molecule has 15 heteroatoms. The van der Waals surface area contributed by atoms with Crippen LogP contribution in [0.15, 0.2) is 35.3 Å². The minimum atomic E-state index is -1.25. The van der Waals surface area contributed by atoms with Crippen LogP contribution in [0.25, 0.3) is 11.2 Å². The Morgan fingerprint density at radius 2 is 1.86 bits per heavy atom. The van der Waals surface area contributed by atoms with E-state index in [2.05, 4.69) is 35.9 Å². The number of ether oxygens (including phenoxy) is 2. The Hall–Kier alpha value is -4.63. The molecule has 2 aromatic heterocycles. The molecule has 15 nitrogen and oxygen atoms in total. The molecule has 3 rings (SSSR count). The minimum Gasteiger partial charge on any atom is -0.480 e. The molecule has 232 valence electrons. The lowest BCUT2D eigenvalue weighted by Crippen LogP contribution is -2.42. The Kier molecular flexibility index (Phi) is 11.5. The van der Waals surface area contributed by atoms with E-state index < -0.39 is 29.1 Å².